The fraction of sp³-hybridized carbons (Fsp3) is 0.235. The Morgan fingerprint density at radius 1 is 0.913 bits per heavy atom. The van der Waals surface area contributed by atoms with Crippen molar-refractivity contribution in [3.8, 4) is 11.1 Å². The molecule has 6 heteroatoms. The summed E-state index contributed by atoms with van der Waals surface area (Å²) >= 11 is 0. The molecule has 2 aromatic carbocycles. The third-order valence-electron chi connectivity index (χ3n) is 3.94. The molecule has 1 aliphatic carbocycles. The topological polar surface area (TPSA) is 12.4 Å². The first kappa shape index (κ1) is 15.6. The first-order chi connectivity index (χ1) is 10.8. The van der Waals surface area contributed by atoms with Crippen LogP contribution in [0, 0.1) is 0 Å². The summed E-state index contributed by atoms with van der Waals surface area (Å²) in [7, 11) is 0.941. The number of halogens is 5. The van der Waals surface area contributed by atoms with Crippen molar-refractivity contribution < 1.29 is 22.0 Å². The SMILES string of the molecule is C/N=C(/c1ccc2c(c1)Cc1ccccc1-2)C(F)(F)C(F)(F)F. The third-order valence-corrected chi connectivity index (χ3v) is 3.94. The van der Waals surface area contributed by atoms with Crippen LogP contribution >= 0.6 is 0 Å². The Balaban J connectivity index is 2.05. The largest absolute Gasteiger partial charge is 0.459 e. The summed E-state index contributed by atoms with van der Waals surface area (Å²) in [4.78, 5) is 3.22. The normalized spacial score (nSPS) is 14.6. The average molecular weight is 325 g/mol. The number of aliphatic imine (C=N–C) groups is 1. The van der Waals surface area contributed by atoms with Gasteiger partial charge in [-0.25, -0.2) is 0 Å². The van der Waals surface area contributed by atoms with Gasteiger partial charge in [-0.05, 0) is 34.7 Å². The maximum absolute atomic E-state index is 13.6. The highest BCUT2D eigenvalue weighted by molar-refractivity contribution is 6.06. The molecule has 0 N–H and O–H groups in total. The number of benzene rings is 2. The van der Waals surface area contributed by atoms with E-state index in [2.05, 4.69) is 4.99 Å². The van der Waals surface area contributed by atoms with E-state index in [0.29, 0.717) is 6.42 Å². The molecule has 0 aromatic heterocycles. The highest BCUT2D eigenvalue weighted by atomic mass is 19.4. The number of rotatable bonds is 2. The molecule has 3 rings (SSSR count). The molecule has 0 radical (unpaired) electrons. The summed E-state index contributed by atoms with van der Waals surface area (Å²) in [5.74, 6) is -4.98. The standard InChI is InChI=1S/C17H12F5N/c1-23-15(16(18,19)17(20,21)22)11-6-7-14-12(9-11)8-10-4-2-3-5-13(10)14/h2-7,9H,8H2,1H3/b23-15-. The highest BCUT2D eigenvalue weighted by Crippen LogP contribution is 2.41. The van der Waals surface area contributed by atoms with Crippen LogP contribution in [0.5, 0.6) is 0 Å². The van der Waals surface area contributed by atoms with Gasteiger partial charge in [-0.2, -0.15) is 22.0 Å². The van der Waals surface area contributed by atoms with E-state index in [4.69, 9.17) is 0 Å². The molecule has 0 atom stereocenters. The Morgan fingerprint density at radius 3 is 2.22 bits per heavy atom. The second-order valence-electron chi connectivity index (χ2n) is 5.35. The van der Waals surface area contributed by atoms with Gasteiger partial charge in [-0.1, -0.05) is 36.4 Å². The molecule has 1 aliphatic rings. The summed E-state index contributed by atoms with van der Waals surface area (Å²) < 4.78 is 65.1. The van der Waals surface area contributed by atoms with E-state index in [0.717, 1.165) is 29.3 Å². The molecule has 0 saturated carbocycles. The Labute approximate surface area is 129 Å². The quantitative estimate of drug-likeness (QED) is 0.471. The first-order valence-electron chi connectivity index (χ1n) is 6.89. The van der Waals surface area contributed by atoms with E-state index in [1.165, 1.54) is 12.1 Å². The number of hydrogen-bond donors (Lipinski definition) is 0. The molecule has 0 amide bonds. The highest BCUT2D eigenvalue weighted by Gasteiger charge is 2.61. The zero-order valence-electron chi connectivity index (χ0n) is 12.1. The van der Waals surface area contributed by atoms with Crippen molar-refractivity contribution in [1.82, 2.24) is 0 Å². The number of fused-ring (bicyclic) bond motifs is 3. The van der Waals surface area contributed by atoms with Gasteiger partial charge in [0, 0.05) is 12.6 Å². The monoisotopic (exact) mass is 325 g/mol. The van der Waals surface area contributed by atoms with Crippen molar-refractivity contribution in [2.45, 2.75) is 18.5 Å². The van der Waals surface area contributed by atoms with Gasteiger partial charge in [-0.15, -0.1) is 0 Å². The molecule has 0 unspecified atom stereocenters. The first-order valence-corrected chi connectivity index (χ1v) is 6.89. The molecule has 0 heterocycles. The second-order valence-corrected chi connectivity index (χ2v) is 5.35. The predicted molar refractivity (Wildman–Crippen MR) is 78.1 cm³/mol. The van der Waals surface area contributed by atoms with Gasteiger partial charge in [0.25, 0.3) is 0 Å². The average Bonchev–Trinajstić information content (AvgIpc) is 2.84. The van der Waals surface area contributed by atoms with Crippen molar-refractivity contribution in [2.75, 3.05) is 7.05 Å². The molecule has 120 valence electrons. The molecule has 23 heavy (non-hydrogen) atoms. The Bertz CT molecular complexity index is 790. The van der Waals surface area contributed by atoms with Crippen LogP contribution in [-0.4, -0.2) is 24.9 Å². The van der Waals surface area contributed by atoms with E-state index in [9.17, 15) is 22.0 Å². The molecule has 0 saturated heterocycles. The van der Waals surface area contributed by atoms with Crippen LogP contribution < -0.4 is 0 Å². The molecular formula is C17H12F5N. The van der Waals surface area contributed by atoms with Crippen molar-refractivity contribution in [2.24, 2.45) is 4.99 Å². The van der Waals surface area contributed by atoms with Crippen LogP contribution in [0.1, 0.15) is 16.7 Å². The molecular weight excluding hydrogens is 313 g/mol. The number of hydrogen-bond acceptors (Lipinski definition) is 1. The van der Waals surface area contributed by atoms with Gasteiger partial charge in [0.15, 0.2) is 0 Å². The summed E-state index contributed by atoms with van der Waals surface area (Å²) in [5.41, 5.74) is 2.12. The minimum absolute atomic E-state index is 0.207. The van der Waals surface area contributed by atoms with Gasteiger partial charge in [0.1, 0.15) is 5.71 Å². The van der Waals surface area contributed by atoms with E-state index in [-0.39, 0.29) is 5.56 Å². The molecule has 0 fully saturated rings. The van der Waals surface area contributed by atoms with Gasteiger partial charge in [0.05, 0.1) is 0 Å². The van der Waals surface area contributed by atoms with E-state index >= 15 is 0 Å². The predicted octanol–water partition coefficient (Wildman–Crippen LogP) is 4.87. The molecule has 0 spiro atoms. The fourth-order valence-corrected chi connectivity index (χ4v) is 2.88. The zero-order chi connectivity index (χ0) is 16.8. The van der Waals surface area contributed by atoms with E-state index in [1.807, 2.05) is 24.3 Å². The van der Waals surface area contributed by atoms with Crippen molar-refractivity contribution in [3.63, 3.8) is 0 Å². The molecule has 0 bridgehead atoms. The number of nitrogens with zero attached hydrogens (tertiary/aromatic N) is 1. The third kappa shape index (κ3) is 2.42. The summed E-state index contributed by atoms with van der Waals surface area (Å²) in [5, 5.41) is 0. The summed E-state index contributed by atoms with van der Waals surface area (Å²) in [6.07, 6.45) is -5.17. The number of alkyl halides is 5. The minimum Gasteiger partial charge on any atom is -0.286 e. The fourth-order valence-electron chi connectivity index (χ4n) is 2.88. The van der Waals surface area contributed by atoms with Crippen LogP contribution in [0.4, 0.5) is 22.0 Å². The Kier molecular flexibility index (Phi) is 3.50. The molecule has 1 nitrogen and oxygen atoms in total. The second kappa shape index (κ2) is 5.15. The van der Waals surface area contributed by atoms with Gasteiger partial charge in [0.2, 0.25) is 0 Å². The molecule has 0 aliphatic heterocycles. The summed E-state index contributed by atoms with van der Waals surface area (Å²) in [6, 6.07) is 11.8. The van der Waals surface area contributed by atoms with Gasteiger partial charge in [-0.3, -0.25) is 4.99 Å². The lowest BCUT2D eigenvalue weighted by Gasteiger charge is -2.21. The van der Waals surface area contributed by atoms with Crippen LogP contribution in [0.2, 0.25) is 0 Å². The van der Waals surface area contributed by atoms with Crippen LogP contribution in [0.3, 0.4) is 0 Å². The lowest BCUT2D eigenvalue weighted by Crippen LogP contribution is -2.44. The lowest BCUT2D eigenvalue weighted by atomic mass is 9.98. The van der Waals surface area contributed by atoms with Crippen molar-refractivity contribution in [3.05, 3.63) is 59.2 Å². The van der Waals surface area contributed by atoms with E-state index in [1.54, 1.807) is 6.07 Å². The van der Waals surface area contributed by atoms with Gasteiger partial charge < -0.3 is 0 Å². The Hall–Kier alpha value is -2.24. The Morgan fingerprint density at radius 2 is 1.57 bits per heavy atom. The smallest absolute Gasteiger partial charge is 0.286 e. The van der Waals surface area contributed by atoms with Crippen LogP contribution in [-0.2, 0) is 6.42 Å². The van der Waals surface area contributed by atoms with Crippen LogP contribution in [0.25, 0.3) is 11.1 Å². The minimum atomic E-state index is -5.68. The molecule has 2 aromatic rings. The zero-order valence-corrected chi connectivity index (χ0v) is 12.1. The maximum Gasteiger partial charge on any atom is 0.459 e. The van der Waals surface area contributed by atoms with E-state index < -0.39 is 17.8 Å². The lowest BCUT2D eigenvalue weighted by molar-refractivity contribution is -0.248. The maximum atomic E-state index is 13.6. The van der Waals surface area contributed by atoms with Crippen molar-refractivity contribution >= 4 is 5.71 Å². The van der Waals surface area contributed by atoms with Crippen LogP contribution in [0.15, 0.2) is 47.5 Å². The summed E-state index contributed by atoms with van der Waals surface area (Å²) in [6.45, 7) is 0. The van der Waals surface area contributed by atoms with Crippen molar-refractivity contribution in [1.29, 1.82) is 0 Å². The van der Waals surface area contributed by atoms with Gasteiger partial charge >= 0.3 is 12.1 Å².